The van der Waals surface area contributed by atoms with Gasteiger partial charge in [0.15, 0.2) is 5.58 Å². The number of hydrogen-bond donors (Lipinski definition) is 2. The van der Waals surface area contributed by atoms with Crippen molar-refractivity contribution < 1.29 is 14.3 Å². The fraction of sp³-hybridized carbons (Fsp3) is 0.0667. The van der Waals surface area contributed by atoms with E-state index in [4.69, 9.17) is 21.1 Å². The molecule has 0 amide bonds. The summed E-state index contributed by atoms with van der Waals surface area (Å²) >= 11 is 5.82. The molecule has 3 aromatic rings. The first-order chi connectivity index (χ1) is 10.1. The first-order valence-electron chi connectivity index (χ1n) is 6.24. The van der Waals surface area contributed by atoms with E-state index in [1.807, 2.05) is 12.1 Å². The zero-order valence-electron chi connectivity index (χ0n) is 10.8. The normalized spacial score (nSPS) is 10.7. The molecule has 2 aromatic carbocycles. The summed E-state index contributed by atoms with van der Waals surface area (Å²) < 4.78 is 5.56. The lowest BCUT2D eigenvalue weighted by Crippen LogP contribution is -1.99. The van der Waals surface area contributed by atoms with Crippen molar-refractivity contribution in [2.45, 2.75) is 6.42 Å². The first-order valence-corrected chi connectivity index (χ1v) is 6.62. The van der Waals surface area contributed by atoms with E-state index in [-0.39, 0.29) is 6.42 Å². The number of carbonyl (C=O) groups is 1. The van der Waals surface area contributed by atoms with Crippen LogP contribution < -0.4 is 5.32 Å². The van der Waals surface area contributed by atoms with Crippen LogP contribution in [0.5, 0.6) is 0 Å². The second kappa shape index (κ2) is 5.46. The molecular weight excluding hydrogens is 292 g/mol. The average Bonchev–Trinajstić information content (AvgIpc) is 2.82. The zero-order valence-corrected chi connectivity index (χ0v) is 11.6. The topological polar surface area (TPSA) is 75.4 Å². The Labute approximate surface area is 125 Å². The van der Waals surface area contributed by atoms with Crippen molar-refractivity contribution in [1.29, 1.82) is 0 Å². The minimum absolute atomic E-state index is 0.0389. The van der Waals surface area contributed by atoms with Crippen molar-refractivity contribution in [3.8, 4) is 0 Å². The maximum Gasteiger partial charge on any atom is 0.307 e. The zero-order chi connectivity index (χ0) is 14.8. The first kappa shape index (κ1) is 13.5. The number of aromatic nitrogens is 1. The van der Waals surface area contributed by atoms with Gasteiger partial charge in [-0.15, -0.1) is 0 Å². The number of benzene rings is 2. The van der Waals surface area contributed by atoms with Crippen LogP contribution in [-0.2, 0) is 11.2 Å². The van der Waals surface area contributed by atoms with Crippen LogP contribution in [0.25, 0.3) is 11.1 Å². The lowest BCUT2D eigenvalue weighted by Gasteiger charge is -2.00. The molecule has 0 atom stereocenters. The lowest BCUT2D eigenvalue weighted by atomic mass is 10.1. The summed E-state index contributed by atoms with van der Waals surface area (Å²) in [6.07, 6.45) is -0.0389. The van der Waals surface area contributed by atoms with Gasteiger partial charge in [0.25, 0.3) is 6.01 Å². The van der Waals surface area contributed by atoms with Crippen LogP contribution in [0, 0.1) is 0 Å². The quantitative estimate of drug-likeness (QED) is 0.765. The number of nitrogens with zero attached hydrogens (tertiary/aromatic N) is 1. The summed E-state index contributed by atoms with van der Waals surface area (Å²) in [7, 11) is 0. The fourth-order valence-electron chi connectivity index (χ4n) is 1.97. The van der Waals surface area contributed by atoms with E-state index in [2.05, 4.69) is 10.3 Å². The Hall–Kier alpha value is -2.53. The van der Waals surface area contributed by atoms with Crippen molar-refractivity contribution in [3.05, 3.63) is 53.1 Å². The van der Waals surface area contributed by atoms with E-state index in [0.29, 0.717) is 27.7 Å². The van der Waals surface area contributed by atoms with Crippen molar-refractivity contribution in [3.63, 3.8) is 0 Å². The number of fused-ring (bicyclic) bond motifs is 1. The van der Waals surface area contributed by atoms with Crippen LogP contribution in [0.4, 0.5) is 11.7 Å². The van der Waals surface area contributed by atoms with Gasteiger partial charge in [-0.2, -0.15) is 4.98 Å². The summed E-state index contributed by atoms with van der Waals surface area (Å²) in [6, 6.07) is 12.6. The molecule has 1 heterocycles. The Balaban J connectivity index is 1.86. The molecule has 6 heteroatoms. The predicted molar refractivity (Wildman–Crippen MR) is 80.1 cm³/mol. The van der Waals surface area contributed by atoms with Crippen molar-refractivity contribution >= 4 is 40.4 Å². The molecule has 0 bridgehead atoms. The van der Waals surface area contributed by atoms with Crippen molar-refractivity contribution in [1.82, 2.24) is 4.98 Å². The van der Waals surface area contributed by atoms with Gasteiger partial charge in [0.05, 0.1) is 6.42 Å². The van der Waals surface area contributed by atoms with Gasteiger partial charge in [-0.3, -0.25) is 4.79 Å². The Kier molecular flexibility index (Phi) is 3.50. The minimum Gasteiger partial charge on any atom is -0.481 e. The summed E-state index contributed by atoms with van der Waals surface area (Å²) in [5, 5.41) is 12.5. The number of rotatable bonds is 4. The van der Waals surface area contributed by atoms with Crippen LogP contribution in [0.3, 0.4) is 0 Å². The lowest BCUT2D eigenvalue weighted by molar-refractivity contribution is -0.136. The highest BCUT2D eigenvalue weighted by Gasteiger charge is 2.08. The number of carboxylic acid groups (broad SMARTS) is 1. The number of oxazole rings is 1. The molecule has 0 unspecified atom stereocenters. The number of anilines is 2. The summed E-state index contributed by atoms with van der Waals surface area (Å²) in [5.74, 6) is -0.877. The molecular formula is C15H11ClN2O3. The smallest absolute Gasteiger partial charge is 0.307 e. The van der Waals surface area contributed by atoms with Gasteiger partial charge in [-0.25, -0.2) is 0 Å². The molecule has 0 fully saturated rings. The second-order valence-corrected chi connectivity index (χ2v) is 4.96. The maximum atomic E-state index is 10.7. The Morgan fingerprint density at radius 2 is 2.00 bits per heavy atom. The van der Waals surface area contributed by atoms with Crippen LogP contribution >= 0.6 is 11.6 Å². The number of nitrogens with one attached hydrogen (secondary N) is 1. The van der Waals surface area contributed by atoms with E-state index in [1.165, 1.54) is 0 Å². The van der Waals surface area contributed by atoms with Crippen LogP contribution in [-0.4, -0.2) is 16.1 Å². The Bertz CT molecular complexity index is 796. The molecule has 0 spiro atoms. The summed E-state index contributed by atoms with van der Waals surface area (Å²) in [4.78, 5) is 15.0. The van der Waals surface area contributed by atoms with E-state index in [9.17, 15) is 4.79 Å². The van der Waals surface area contributed by atoms with Gasteiger partial charge in [0.2, 0.25) is 0 Å². The monoisotopic (exact) mass is 302 g/mol. The van der Waals surface area contributed by atoms with Crippen LogP contribution in [0.1, 0.15) is 5.56 Å². The van der Waals surface area contributed by atoms with Gasteiger partial charge in [-0.05, 0) is 42.0 Å². The Morgan fingerprint density at radius 1 is 1.24 bits per heavy atom. The largest absolute Gasteiger partial charge is 0.481 e. The fourth-order valence-corrected chi connectivity index (χ4v) is 2.09. The van der Waals surface area contributed by atoms with Gasteiger partial charge in [0.1, 0.15) is 5.52 Å². The molecule has 0 saturated carbocycles. The Morgan fingerprint density at radius 3 is 2.71 bits per heavy atom. The van der Waals surface area contributed by atoms with Crippen LogP contribution in [0.15, 0.2) is 46.9 Å². The third-order valence-electron chi connectivity index (χ3n) is 2.90. The number of aliphatic carboxylic acids is 1. The van der Waals surface area contributed by atoms with Gasteiger partial charge >= 0.3 is 5.97 Å². The molecule has 0 saturated heterocycles. The van der Waals surface area contributed by atoms with Crippen LogP contribution in [0.2, 0.25) is 5.02 Å². The molecule has 3 rings (SSSR count). The molecule has 0 aliphatic heterocycles. The third kappa shape index (κ3) is 3.14. The third-order valence-corrected chi connectivity index (χ3v) is 3.15. The molecule has 21 heavy (non-hydrogen) atoms. The minimum atomic E-state index is -0.877. The molecule has 0 aliphatic rings. The number of hydrogen-bond acceptors (Lipinski definition) is 4. The summed E-state index contributed by atoms with van der Waals surface area (Å²) in [6.45, 7) is 0. The van der Waals surface area contributed by atoms with Gasteiger partial charge in [0, 0.05) is 10.7 Å². The maximum absolute atomic E-state index is 10.7. The SMILES string of the molecule is O=C(O)Cc1ccc2oc(Nc3ccc(Cl)cc3)nc2c1. The molecule has 0 aliphatic carbocycles. The summed E-state index contributed by atoms with van der Waals surface area (Å²) in [5.41, 5.74) is 2.70. The van der Waals surface area contributed by atoms with Gasteiger partial charge < -0.3 is 14.8 Å². The van der Waals surface area contributed by atoms with E-state index in [1.54, 1.807) is 30.3 Å². The average molecular weight is 303 g/mol. The number of halogens is 1. The predicted octanol–water partition coefficient (Wildman–Crippen LogP) is 3.85. The van der Waals surface area contributed by atoms with Crippen molar-refractivity contribution in [2.24, 2.45) is 0 Å². The van der Waals surface area contributed by atoms with E-state index < -0.39 is 5.97 Å². The molecule has 2 N–H and O–H groups in total. The molecule has 5 nitrogen and oxygen atoms in total. The molecule has 0 radical (unpaired) electrons. The van der Waals surface area contributed by atoms with E-state index >= 15 is 0 Å². The highest BCUT2D eigenvalue weighted by atomic mass is 35.5. The van der Waals surface area contributed by atoms with Crippen molar-refractivity contribution in [2.75, 3.05) is 5.32 Å². The van der Waals surface area contributed by atoms with E-state index in [0.717, 1.165) is 5.69 Å². The van der Waals surface area contributed by atoms with Gasteiger partial charge in [-0.1, -0.05) is 17.7 Å². The molecule has 106 valence electrons. The second-order valence-electron chi connectivity index (χ2n) is 4.52. The standard InChI is InChI=1S/C15H11ClN2O3/c16-10-2-4-11(5-3-10)17-15-18-12-7-9(8-14(19)20)1-6-13(12)21-15/h1-7H,8H2,(H,17,18)(H,19,20). The highest BCUT2D eigenvalue weighted by molar-refractivity contribution is 6.30. The number of carboxylic acids is 1. The highest BCUT2D eigenvalue weighted by Crippen LogP contribution is 2.24. The molecule has 1 aromatic heterocycles.